The van der Waals surface area contributed by atoms with Crippen LogP contribution in [0.25, 0.3) is 10.8 Å². The molecule has 3 atom stereocenters. The van der Waals surface area contributed by atoms with Gasteiger partial charge in [-0.1, -0.05) is 36.9 Å². The molecule has 7 nitrogen and oxygen atoms in total. The van der Waals surface area contributed by atoms with E-state index in [9.17, 15) is 9.59 Å². The lowest BCUT2D eigenvalue weighted by molar-refractivity contribution is -0.146. The summed E-state index contributed by atoms with van der Waals surface area (Å²) in [5, 5.41) is 4.77. The van der Waals surface area contributed by atoms with Gasteiger partial charge in [0.2, 0.25) is 0 Å². The minimum Gasteiger partial charge on any atom is -0.457 e. The number of fused-ring (bicyclic) bond motifs is 1. The van der Waals surface area contributed by atoms with E-state index in [4.69, 9.17) is 18.9 Å². The predicted molar refractivity (Wildman–Crippen MR) is 115 cm³/mol. The molecule has 0 saturated carbocycles. The van der Waals surface area contributed by atoms with E-state index >= 15 is 0 Å². The van der Waals surface area contributed by atoms with Gasteiger partial charge >= 0.3 is 12.1 Å². The monoisotopic (exact) mass is 415 g/mol. The fourth-order valence-electron chi connectivity index (χ4n) is 2.59. The van der Waals surface area contributed by atoms with Gasteiger partial charge in [-0.2, -0.15) is 0 Å². The first-order valence-corrected chi connectivity index (χ1v) is 9.88. The van der Waals surface area contributed by atoms with Crippen LogP contribution in [0.4, 0.5) is 4.79 Å². The van der Waals surface area contributed by atoms with Crippen LogP contribution < -0.4 is 10.1 Å². The van der Waals surface area contributed by atoms with Crippen molar-refractivity contribution < 1.29 is 28.5 Å². The molecular weight excluding hydrogens is 386 g/mol. The molecule has 2 aromatic rings. The smallest absolute Gasteiger partial charge is 0.412 e. The van der Waals surface area contributed by atoms with E-state index in [1.807, 2.05) is 50.2 Å². The maximum atomic E-state index is 12.0. The molecule has 7 heteroatoms. The molecule has 0 saturated heterocycles. The molecule has 3 unspecified atom stereocenters. The summed E-state index contributed by atoms with van der Waals surface area (Å²) in [6.07, 6.45) is -0.217. The van der Waals surface area contributed by atoms with Crippen molar-refractivity contribution in [3.05, 3.63) is 55.1 Å². The number of benzene rings is 2. The summed E-state index contributed by atoms with van der Waals surface area (Å²) in [5.41, 5.74) is 0. The molecule has 0 aliphatic rings. The molecule has 0 fully saturated rings. The van der Waals surface area contributed by atoms with E-state index in [1.54, 1.807) is 13.0 Å². The molecule has 0 aliphatic carbocycles. The van der Waals surface area contributed by atoms with E-state index in [-0.39, 0.29) is 24.9 Å². The Hall–Kier alpha value is -2.90. The number of esters is 1. The molecule has 0 spiro atoms. The number of carbonyl (C=O) groups excluding carboxylic acids is 2. The average molecular weight is 415 g/mol. The number of carbonyl (C=O) groups is 2. The third kappa shape index (κ3) is 8.23. The lowest BCUT2D eigenvalue weighted by atomic mass is 10.1. The molecule has 1 amide bonds. The highest BCUT2D eigenvalue weighted by molar-refractivity contribution is 5.84. The van der Waals surface area contributed by atoms with Gasteiger partial charge in [-0.05, 0) is 43.7 Å². The highest BCUT2D eigenvalue weighted by Crippen LogP contribution is 2.20. The van der Waals surface area contributed by atoms with Gasteiger partial charge in [-0.3, -0.25) is 0 Å². The third-order valence-electron chi connectivity index (χ3n) is 4.18. The largest absolute Gasteiger partial charge is 0.457 e. The molecule has 2 aromatic carbocycles. The number of rotatable bonds is 11. The van der Waals surface area contributed by atoms with Crippen molar-refractivity contribution in [1.82, 2.24) is 5.32 Å². The van der Waals surface area contributed by atoms with Crippen molar-refractivity contribution in [2.45, 2.75) is 39.1 Å². The van der Waals surface area contributed by atoms with E-state index in [2.05, 4.69) is 11.9 Å². The minimum atomic E-state index is -0.539. The second-order valence-electron chi connectivity index (χ2n) is 7.02. The van der Waals surface area contributed by atoms with Crippen molar-refractivity contribution in [1.29, 1.82) is 0 Å². The zero-order valence-corrected chi connectivity index (χ0v) is 17.6. The van der Waals surface area contributed by atoms with Gasteiger partial charge in [0.05, 0.1) is 25.4 Å². The number of hydrogen-bond acceptors (Lipinski definition) is 6. The second kappa shape index (κ2) is 11.9. The summed E-state index contributed by atoms with van der Waals surface area (Å²) in [6.45, 7) is 9.68. The summed E-state index contributed by atoms with van der Waals surface area (Å²) in [6, 6.07) is 13.3. The van der Waals surface area contributed by atoms with Crippen LogP contribution in [0.2, 0.25) is 0 Å². The zero-order valence-electron chi connectivity index (χ0n) is 17.6. The maximum absolute atomic E-state index is 12.0. The first-order valence-electron chi connectivity index (χ1n) is 9.88. The molecule has 2 rings (SSSR count). The zero-order chi connectivity index (χ0) is 21.9. The van der Waals surface area contributed by atoms with E-state index in [0.29, 0.717) is 18.9 Å². The van der Waals surface area contributed by atoms with Crippen molar-refractivity contribution in [2.75, 3.05) is 19.8 Å². The maximum Gasteiger partial charge on any atom is 0.412 e. The van der Waals surface area contributed by atoms with Gasteiger partial charge in [0, 0.05) is 12.6 Å². The van der Waals surface area contributed by atoms with Crippen LogP contribution in [0.5, 0.6) is 5.75 Å². The second-order valence-corrected chi connectivity index (χ2v) is 7.02. The molecule has 0 aromatic heterocycles. The van der Waals surface area contributed by atoms with Crippen LogP contribution in [0.1, 0.15) is 20.8 Å². The molecule has 0 bridgehead atoms. The Morgan fingerprint density at radius 2 is 1.63 bits per heavy atom. The minimum absolute atomic E-state index is 0.193. The number of amides is 1. The normalized spacial score (nSPS) is 13.8. The molecule has 0 radical (unpaired) electrons. The van der Waals surface area contributed by atoms with Crippen LogP contribution in [0.3, 0.4) is 0 Å². The lowest BCUT2D eigenvalue weighted by Crippen LogP contribution is -2.35. The topological polar surface area (TPSA) is 83.1 Å². The molecular formula is C23H29NO6. The Morgan fingerprint density at radius 1 is 0.967 bits per heavy atom. The Balaban J connectivity index is 1.64. The van der Waals surface area contributed by atoms with Gasteiger partial charge in [0.1, 0.15) is 11.9 Å². The van der Waals surface area contributed by atoms with Crippen LogP contribution in [0, 0.1) is 0 Å². The van der Waals surface area contributed by atoms with Gasteiger partial charge in [-0.15, -0.1) is 0 Å². The summed E-state index contributed by atoms with van der Waals surface area (Å²) in [7, 11) is 0. The van der Waals surface area contributed by atoms with Crippen molar-refractivity contribution in [3.63, 3.8) is 0 Å². The Bertz CT molecular complexity index is 852. The first kappa shape index (κ1) is 23.4. The number of hydrogen-bond donors (Lipinski definition) is 1. The fraction of sp³-hybridized carbons (Fsp3) is 0.391. The number of ether oxygens (including phenoxy) is 4. The first-order chi connectivity index (χ1) is 14.4. The van der Waals surface area contributed by atoms with E-state index in [0.717, 1.165) is 16.8 Å². The van der Waals surface area contributed by atoms with Crippen molar-refractivity contribution in [2.24, 2.45) is 0 Å². The summed E-state index contributed by atoms with van der Waals surface area (Å²) >= 11 is 0. The number of nitrogens with one attached hydrogen (secondary N) is 1. The molecule has 30 heavy (non-hydrogen) atoms. The molecule has 162 valence electrons. The van der Waals surface area contributed by atoms with Gasteiger partial charge in [0.25, 0.3) is 0 Å². The van der Waals surface area contributed by atoms with Crippen molar-refractivity contribution in [3.8, 4) is 5.75 Å². The van der Waals surface area contributed by atoms with Gasteiger partial charge < -0.3 is 24.3 Å². The van der Waals surface area contributed by atoms with Gasteiger partial charge in [-0.25, -0.2) is 9.59 Å². The lowest BCUT2D eigenvalue weighted by Gasteiger charge is -2.20. The van der Waals surface area contributed by atoms with Crippen LogP contribution in [-0.2, 0) is 19.0 Å². The predicted octanol–water partition coefficient (Wildman–Crippen LogP) is 3.86. The van der Waals surface area contributed by atoms with Crippen LogP contribution >= 0.6 is 0 Å². The highest BCUT2D eigenvalue weighted by Gasteiger charge is 2.13. The molecule has 0 heterocycles. The summed E-state index contributed by atoms with van der Waals surface area (Å²) in [4.78, 5) is 23.1. The van der Waals surface area contributed by atoms with Crippen LogP contribution in [-0.4, -0.2) is 50.1 Å². The fourth-order valence-corrected chi connectivity index (χ4v) is 2.59. The molecule has 0 aliphatic heterocycles. The Morgan fingerprint density at radius 3 is 2.37 bits per heavy atom. The van der Waals surface area contributed by atoms with E-state index in [1.165, 1.54) is 0 Å². The third-order valence-corrected chi connectivity index (χ3v) is 4.18. The molecule has 1 N–H and O–H groups in total. The Kier molecular flexibility index (Phi) is 9.31. The SMILES string of the molecule is C=CC(=O)OC(C)COC(C)COC(C)CNC(=O)Oc1ccc2ccccc2c1. The average Bonchev–Trinajstić information content (AvgIpc) is 2.74. The van der Waals surface area contributed by atoms with Gasteiger partial charge in [0.15, 0.2) is 0 Å². The van der Waals surface area contributed by atoms with Crippen LogP contribution in [0.15, 0.2) is 55.1 Å². The quantitative estimate of drug-likeness (QED) is 0.443. The van der Waals surface area contributed by atoms with Crippen molar-refractivity contribution >= 4 is 22.8 Å². The van der Waals surface area contributed by atoms with E-state index < -0.39 is 12.1 Å². The summed E-state index contributed by atoms with van der Waals surface area (Å²) in [5.74, 6) is -0.00153. The summed E-state index contributed by atoms with van der Waals surface area (Å²) < 4.78 is 21.6. The Labute approximate surface area is 176 Å². The highest BCUT2D eigenvalue weighted by atomic mass is 16.6. The standard InChI is InChI=1S/C23H29NO6/c1-5-22(25)29-18(4)15-28-17(3)14-27-16(2)13-24-23(26)30-21-11-10-19-8-6-7-9-20(19)12-21/h5-12,16-18H,1,13-15H2,2-4H3,(H,24,26).